The molecular formula is C26H26Cl2FN3O4S. The summed E-state index contributed by atoms with van der Waals surface area (Å²) < 4.78 is 41.6. The van der Waals surface area contributed by atoms with E-state index < -0.39 is 40.2 Å². The maximum absolute atomic E-state index is 13.8. The van der Waals surface area contributed by atoms with Crippen LogP contribution in [0.5, 0.6) is 0 Å². The van der Waals surface area contributed by atoms with E-state index in [4.69, 9.17) is 23.2 Å². The number of benzene rings is 3. The molecule has 0 heterocycles. The molecule has 3 rings (SSSR count). The van der Waals surface area contributed by atoms with Gasteiger partial charge in [0.15, 0.2) is 0 Å². The van der Waals surface area contributed by atoms with E-state index in [1.165, 1.54) is 11.9 Å². The van der Waals surface area contributed by atoms with E-state index in [2.05, 4.69) is 5.32 Å². The minimum atomic E-state index is -4.26. The summed E-state index contributed by atoms with van der Waals surface area (Å²) in [6, 6.07) is 16.4. The van der Waals surface area contributed by atoms with Crippen molar-refractivity contribution in [3.63, 3.8) is 0 Å². The van der Waals surface area contributed by atoms with E-state index in [1.54, 1.807) is 55.5 Å². The Morgan fingerprint density at radius 1 is 0.973 bits per heavy atom. The minimum absolute atomic E-state index is 0.0130. The van der Waals surface area contributed by atoms with Crippen molar-refractivity contribution >= 4 is 50.7 Å². The van der Waals surface area contributed by atoms with Crippen LogP contribution in [-0.4, -0.2) is 44.8 Å². The number of rotatable bonds is 10. The number of carbonyl (C=O) groups is 2. The van der Waals surface area contributed by atoms with Crippen molar-refractivity contribution in [1.29, 1.82) is 0 Å². The van der Waals surface area contributed by atoms with Crippen molar-refractivity contribution in [1.82, 2.24) is 10.2 Å². The first-order valence-corrected chi connectivity index (χ1v) is 13.6. The molecule has 0 fully saturated rings. The Hall–Kier alpha value is -3.14. The molecule has 0 unspecified atom stereocenters. The lowest BCUT2D eigenvalue weighted by molar-refractivity contribution is -0.140. The summed E-state index contributed by atoms with van der Waals surface area (Å²) >= 11 is 12.2. The van der Waals surface area contributed by atoms with Crippen LogP contribution in [0.15, 0.2) is 77.7 Å². The van der Waals surface area contributed by atoms with E-state index in [0.29, 0.717) is 10.6 Å². The Balaban J connectivity index is 2.04. The van der Waals surface area contributed by atoms with Crippen molar-refractivity contribution in [3.8, 4) is 0 Å². The Morgan fingerprint density at radius 3 is 2.19 bits per heavy atom. The van der Waals surface area contributed by atoms with Gasteiger partial charge in [0.25, 0.3) is 10.0 Å². The number of hydrogen-bond donors (Lipinski definition) is 1. The van der Waals surface area contributed by atoms with Gasteiger partial charge in [0.1, 0.15) is 18.4 Å². The quantitative estimate of drug-likeness (QED) is 0.379. The van der Waals surface area contributed by atoms with Gasteiger partial charge in [-0.3, -0.25) is 13.9 Å². The van der Waals surface area contributed by atoms with Crippen molar-refractivity contribution < 1.29 is 22.4 Å². The maximum atomic E-state index is 13.8. The van der Waals surface area contributed by atoms with E-state index in [-0.39, 0.29) is 28.6 Å². The smallest absolute Gasteiger partial charge is 0.264 e. The number of sulfonamides is 1. The third kappa shape index (κ3) is 6.80. The molecule has 11 heteroatoms. The zero-order valence-corrected chi connectivity index (χ0v) is 22.5. The Kier molecular flexibility index (Phi) is 9.53. The number of carbonyl (C=O) groups excluding carboxylic acids is 2. The highest BCUT2D eigenvalue weighted by Crippen LogP contribution is 2.26. The second-order valence-electron chi connectivity index (χ2n) is 8.11. The second kappa shape index (κ2) is 12.4. The van der Waals surface area contributed by atoms with E-state index in [9.17, 15) is 22.4 Å². The molecular weight excluding hydrogens is 540 g/mol. The average Bonchev–Trinajstić information content (AvgIpc) is 2.89. The number of amides is 2. The second-order valence-corrected chi connectivity index (χ2v) is 10.8. The van der Waals surface area contributed by atoms with Crippen molar-refractivity contribution in [3.05, 3.63) is 94.2 Å². The number of nitrogens with one attached hydrogen (secondary N) is 1. The van der Waals surface area contributed by atoms with Gasteiger partial charge in [-0.25, -0.2) is 12.8 Å². The van der Waals surface area contributed by atoms with Crippen LogP contribution in [0.3, 0.4) is 0 Å². The van der Waals surface area contributed by atoms with Gasteiger partial charge < -0.3 is 10.2 Å². The number of likely N-dealkylation sites (N-methyl/N-ethyl adjacent to an activating group) is 1. The topological polar surface area (TPSA) is 86.8 Å². The van der Waals surface area contributed by atoms with Gasteiger partial charge in [0, 0.05) is 13.6 Å². The van der Waals surface area contributed by atoms with E-state index in [0.717, 1.165) is 28.6 Å². The molecule has 0 aromatic heterocycles. The molecule has 37 heavy (non-hydrogen) atoms. The lowest BCUT2D eigenvalue weighted by atomic mass is 10.1. The average molecular weight is 566 g/mol. The fourth-order valence-electron chi connectivity index (χ4n) is 3.78. The largest absolute Gasteiger partial charge is 0.357 e. The first-order valence-electron chi connectivity index (χ1n) is 11.4. The molecule has 0 bridgehead atoms. The van der Waals surface area contributed by atoms with Gasteiger partial charge in [-0.1, -0.05) is 54.4 Å². The molecule has 196 valence electrons. The zero-order chi connectivity index (χ0) is 27.2. The Morgan fingerprint density at radius 2 is 1.62 bits per heavy atom. The third-order valence-corrected chi connectivity index (χ3v) is 8.22. The van der Waals surface area contributed by atoms with Crippen LogP contribution >= 0.6 is 23.2 Å². The molecule has 1 N–H and O–H groups in total. The van der Waals surface area contributed by atoms with Gasteiger partial charge in [0.05, 0.1) is 20.6 Å². The van der Waals surface area contributed by atoms with Gasteiger partial charge >= 0.3 is 0 Å². The summed E-state index contributed by atoms with van der Waals surface area (Å²) in [5.74, 6) is -1.61. The van der Waals surface area contributed by atoms with Gasteiger partial charge in [0.2, 0.25) is 11.8 Å². The molecule has 2 amide bonds. The molecule has 0 spiro atoms. The Labute approximate surface area is 225 Å². The van der Waals surface area contributed by atoms with Crippen LogP contribution in [0, 0.1) is 5.82 Å². The van der Waals surface area contributed by atoms with Crippen LogP contribution < -0.4 is 9.62 Å². The molecule has 0 saturated heterocycles. The molecule has 0 aliphatic rings. The summed E-state index contributed by atoms with van der Waals surface area (Å²) in [7, 11) is -2.80. The van der Waals surface area contributed by atoms with Crippen LogP contribution in [0.2, 0.25) is 10.0 Å². The van der Waals surface area contributed by atoms with Gasteiger partial charge in [-0.05, 0) is 60.5 Å². The first kappa shape index (κ1) is 28.4. The van der Waals surface area contributed by atoms with Gasteiger partial charge in [-0.15, -0.1) is 0 Å². The predicted molar refractivity (Wildman–Crippen MR) is 143 cm³/mol. The molecule has 0 radical (unpaired) electrons. The predicted octanol–water partition coefficient (Wildman–Crippen LogP) is 4.88. The molecule has 7 nitrogen and oxygen atoms in total. The number of halogens is 3. The van der Waals surface area contributed by atoms with E-state index in [1.807, 2.05) is 0 Å². The highest BCUT2D eigenvalue weighted by atomic mass is 35.5. The highest BCUT2D eigenvalue weighted by molar-refractivity contribution is 7.92. The van der Waals surface area contributed by atoms with Crippen LogP contribution in [0.4, 0.5) is 10.1 Å². The maximum Gasteiger partial charge on any atom is 0.264 e. The molecule has 0 aliphatic carbocycles. The summed E-state index contributed by atoms with van der Waals surface area (Å²) in [5.41, 5.74) is 0.848. The third-order valence-electron chi connectivity index (χ3n) is 5.69. The lowest BCUT2D eigenvalue weighted by Gasteiger charge is -2.33. The molecule has 3 aromatic rings. The minimum Gasteiger partial charge on any atom is -0.357 e. The number of anilines is 1. The molecule has 3 aromatic carbocycles. The van der Waals surface area contributed by atoms with Gasteiger partial charge in [-0.2, -0.15) is 0 Å². The number of hydrogen-bond acceptors (Lipinski definition) is 4. The summed E-state index contributed by atoms with van der Waals surface area (Å²) in [6.07, 6.45) is 0.281. The van der Waals surface area contributed by atoms with E-state index >= 15 is 0 Å². The fourth-order valence-corrected chi connectivity index (χ4v) is 5.51. The first-order chi connectivity index (χ1) is 17.6. The molecule has 0 saturated carbocycles. The summed E-state index contributed by atoms with van der Waals surface area (Å²) in [5, 5.41) is 3.17. The highest BCUT2D eigenvalue weighted by Gasteiger charge is 2.33. The number of nitrogens with zero attached hydrogens (tertiary/aromatic N) is 2. The van der Waals surface area contributed by atoms with Crippen LogP contribution in [0.25, 0.3) is 0 Å². The fraction of sp³-hybridized carbons (Fsp3) is 0.231. The monoisotopic (exact) mass is 565 g/mol. The van der Waals surface area contributed by atoms with Crippen molar-refractivity contribution in [2.75, 3.05) is 17.9 Å². The summed E-state index contributed by atoms with van der Waals surface area (Å²) in [6.45, 7) is 1.14. The standard InChI is InChI=1S/C26H26Cl2FN3O4S/c1-3-24(26(34)30-2)31(16-18-9-14-22(27)23(28)15-18)25(33)17-32(20-7-5-4-6-8-20)37(35,36)21-12-10-19(29)11-13-21/h4-15,24H,3,16-17H2,1-2H3,(H,30,34)/t24-/m1/s1. The zero-order valence-electron chi connectivity index (χ0n) is 20.2. The van der Waals surface area contributed by atoms with Crippen molar-refractivity contribution in [2.45, 2.75) is 30.8 Å². The SMILES string of the molecule is CC[C@H](C(=O)NC)N(Cc1ccc(Cl)c(Cl)c1)C(=O)CN(c1ccccc1)S(=O)(=O)c1ccc(F)cc1. The lowest BCUT2D eigenvalue weighted by Crippen LogP contribution is -2.51. The Bertz CT molecular complexity index is 1360. The molecule has 1 atom stereocenters. The van der Waals surface area contributed by atoms with Crippen molar-refractivity contribution in [2.24, 2.45) is 0 Å². The molecule has 0 aliphatic heterocycles. The number of para-hydroxylation sites is 1. The van der Waals surface area contributed by atoms with Crippen LogP contribution in [0.1, 0.15) is 18.9 Å². The van der Waals surface area contributed by atoms with Crippen LogP contribution in [-0.2, 0) is 26.2 Å². The summed E-state index contributed by atoms with van der Waals surface area (Å²) in [4.78, 5) is 27.6. The normalized spacial score (nSPS) is 12.0.